The summed E-state index contributed by atoms with van der Waals surface area (Å²) in [4.78, 5) is 0. The molecule has 0 amide bonds. The van der Waals surface area contributed by atoms with Crippen molar-refractivity contribution < 1.29 is 0 Å². The normalized spacial score (nSPS) is 16.1. The zero-order valence-corrected chi connectivity index (χ0v) is 10.2. The Morgan fingerprint density at radius 1 is 1.31 bits per heavy atom. The van der Waals surface area contributed by atoms with Gasteiger partial charge in [0.25, 0.3) is 0 Å². The van der Waals surface area contributed by atoms with Crippen LogP contribution in [0.25, 0.3) is 0 Å². The van der Waals surface area contributed by atoms with Crippen LogP contribution >= 0.6 is 0 Å². The third-order valence-corrected chi connectivity index (χ3v) is 3.26. The van der Waals surface area contributed by atoms with Crippen molar-refractivity contribution in [2.75, 3.05) is 0 Å². The van der Waals surface area contributed by atoms with Gasteiger partial charge in [0.05, 0.1) is 0 Å². The molecule has 0 heterocycles. The molecule has 0 bridgehead atoms. The Morgan fingerprint density at radius 2 is 1.94 bits per heavy atom. The second-order valence-corrected chi connectivity index (χ2v) is 4.39. The minimum Gasteiger partial charge on any atom is -0.326 e. The molecule has 1 heteroatoms. The predicted molar refractivity (Wildman–Crippen MR) is 70.1 cm³/mol. The van der Waals surface area contributed by atoms with Crippen molar-refractivity contribution in [1.82, 2.24) is 0 Å². The Labute approximate surface area is 99.1 Å². The van der Waals surface area contributed by atoms with E-state index in [1.54, 1.807) is 0 Å². The first-order valence-corrected chi connectivity index (χ1v) is 5.94. The molecule has 1 rings (SSSR count). The van der Waals surface area contributed by atoms with Gasteiger partial charge in [0, 0.05) is 18.4 Å². The zero-order valence-electron chi connectivity index (χ0n) is 10.2. The quantitative estimate of drug-likeness (QED) is 0.750. The van der Waals surface area contributed by atoms with E-state index >= 15 is 0 Å². The number of rotatable bonds is 5. The molecule has 0 aliphatic rings. The molecule has 16 heavy (non-hydrogen) atoms. The van der Waals surface area contributed by atoms with E-state index in [9.17, 15) is 0 Å². The highest BCUT2D eigenvalue weighted by Crippen LogP contribution is 2.30. The van der Waals surface area contributed by atoms with Gasteiger partial charge < -0.3 is 5.73 Å². The highest BCUT2D eigenvalue weighted by Gasteiger charge is 2.23. The van der Waals surface area contributed by atoms with Crippen molar-refractivity contribution in [3.63, 3.8) is 0 Å². The Hall–Kier alpha value is -1.26. The van der Waals surface area contributed by atoms with Crippen LogP contribution in [-0.2, 0) is 0 Å². The Bertz CT molecular complexity index is 336. The number of nitrogens with two attached hydrogens (primary N) is 1. The van der Waals surface area contributed by atoms with Crippen molar-refractivity contribution in [2.24, 2.45) is 11.7 Å². The van der Waals surface area contributed by atoms with Gasteiger partial charge in [-0.3, -0.25) is 0 Å². The highest BCUT2D eigenvalue weighted by atomic mass is 14.7. The fourth-order valence-corrected chi connectivity index (χ4v) is 2.19. The third-order valence-electron chi connectivity index (χ3n) is 3.26. The lowest BCUT2D eigenvalue weighted by Crippen LogP contribution is -2.32. The summed E-state index contributed by atoms with van der Waals surface area (Å²) < 4.78 is 0. The molecular weight excluding hydrogens is 194 g/mol. The van der Waals surface area contributed by atoms with Crippen LogP contribution in [0.3, 0.4) is 0 Å². The minimum atomic E-state index is 0.0577. The van der Waals surface area contributed by atoms with Crippen molar-refractivity contribution in [3.8, 4) is 12.3 Å². The van der Waals surface area contributed by atoms with E-state index in [1.807, 2.05) is 6.07 Å². The summed E-state index contributed by atoms with van der Waals surface area (Å²) in [6, 6.07) is 10.5. The van der Waals surface area contributed by atoms with Gasteiger partial charge >= 0.3 is 0 Å². The molecule has 0 radical (unpaired) electrons. The van der Waals surface area contributed by atoms with E-state index in [1.165, 1.54) is 5.56 Å². The third kappa shape index (κ3) is 3.12. The van der Waals surface area contributed by atoms with Crippen molar-refractivity contribution in [1.29, 1.82) is 0 Å². The van der Waals surface area contributed by atoms with Crippen molar-refractivity contribution in [3.05, 3.63) is 35.9 Å². The fraction of sp³-hybridized carbons (Fsp3) is 0.467. The van der Waals surface area contributed by atoms with Crippen LogP contribution in [0.2, 0.25) is 0 Å². The standard InChI is InChI=1S/C15H21N/c1-4-9-14(16)15(12(3)5-2)13-10-7-6-8-11-13/h1,6-8,10-12,14-15H,5,9,16H2,2-3H3. The summed E-state index contributed by atoms with van der Waals surface area (Å²) in [6.45, 7) is 4.44. The van der Waals surface area contributed by atoms with E-state index in [2.05, 4.69) is 44.0 Å². The Morgan fingerprint density at radius 3 is 2.44 bits per heavy atom. The monoisotopic (exact) mass is 215 g/mol. The molecule has 0 aliphatic heterocycles. The first kappa shape index (κ1) is 12.8. The van der Waals surface area contributed by atoms with Crippen LogP contribution in [0.4, 0.5) is 0 Å². The molecule has 0 fully saturated rings. The molecular formula is C15H21N. The number of hydrogen-bond acceptors (Lipinski definition) is 1. The van der Waals surface area contributed by atoms with Gasteiger partial charge in [0.2, 0.25) is 0 Å². The summed E-state index contributed by atoms with van der Waals surface area (Å²) in [5, 5.41) is 0. The van der Waals surface area contributed by atoms with Gasteiger partial charge in [0.1, 0.15) is 0 Å². The largest absolute Gasteiger partial charge is 0.326 e. The molecule has 1 aromatic carbocycles. The fourth-order valence-electron chi connectivity index (χ4n) is 2.19. The van der Waals surface area contributed by atoms with Gasteiger partial charge in [-0.1, -0.05) is 50.6 Å². The maximum atomic E-state index is 6.19. The lowest BCUT2D eigenvalue weighted by Gasteiger charge is -2.28. The molecule has 86 valence electrons. The second-order valence-electron chi connectivity index (χ2n) is 4.39. The van der Waals surface area contributed by atoms with E-state index in [0.29, 0.717) is 18.3 Å². The van der Waals surface area contributed by atoms with Crippen LogP contribution in [0, 0.1) is 18.3 Å². The van der Waals surface area contributed by atoms with Crippen LogP contribution in [0.1, 0.15) is 38.2 Å². The molecule has 1 aromatic rings. The van der Waals surface area contributed by atoms with Gasteiger partial charge in [-0.15, -0.1) is 12.3 Å². The average molecular weight is 215 g/mol. The first-order valence-electron chi connectivity index (χ1n) is 5.94. The van der Waals surface area contributed by atoms with Gasteiger partial charge in [-0.25, -0.2) is 0 Å². The van der Waals surface area contributed by atoms with Crippen LogP contribution in [0.5, 0.6) is 0 Å². The lowest BCUT2D eigenvalue weighted by atomic mass is 9.79. The van der Waals surface area contributed by atoms with Gasteiger partial charge in [-0.2, -0.15) is 0 Å². The molecule has 0 saturated heterocycles. The summed E-state index contributed by atoms with van der Waals surface area (Å²) in [5.74, 6) is 3.60. The van der Waals surface area contributed by atoms with E-state index in [4.69, 9.17) is 12.2 Å². The SMILES string of the molecule is C#CCC(N)C(c1ccccc1)C(C)CC. The highest BCUT2D eigenvalue weighted by molar-refractivity contribution is 5.22. The molecule has 0 saturated carbocycles. The van der Waals surface area contributed by atoms with Gasteiger partial charge in [-0.05, 0) is 11.5 Å². The first-order chi connectivity index (χ1) is 7.70. The second kappa shape index (κ2) is 6.35. The molecule has 0 spiro atoms. The topological polar surface area (TPSA) is 26.0 Å². The smallest absolute Gasteiger partial charge is 0.0244 e. The maximum Gasteiger partial charge on any atom is 0.0244 e. The number of hydrogen-bond donors (Lipinski definition) is 1. The molecule has 0 aliphatic carbocycles. The van der Waals surface area contributed by atoms with Crippen LogP contribution < -0.4 is 5.73 Å². The van der Waals surface area contributed by atoms with Crippen molar-refractivity contribution >= 4 is 0 Å². The Balaban J connectivity index is 2.92. The molecule has 1 nitrogen and oxygen atoms in total. The molecule has 3 unspecified atom stereocenters. The average Bonchev–Trinajstić information content (AvgIpc) is 2.31. The van der Waals surface area contributed by atoms with E-state index in [-0.39, 0.29) is 6.04 Å². The summed E-state index contributed by atoms with van der Waals surface area (Å²) in [7, 11) is 0. The molecule has 3 atom stereocenters. The maximum absolute atomic E-state index is 6.19. The summed E-state index contributed by atoms with van der Waals surface area (Å²) in [5.41, 5.74) is 7.50. The van der Waals surface area contributed by atoms with E-state index < -0.39 is 0 Å². The zero-order chi connectivity index (χ0) is 12.0. The Kier molecular flexibility index (Phi) is 5.08. The number of benzene rings is 1. The summed E-state index contributed by atoms with van der Waals surface area (Å²) >= 11 is 0. The van der Waals surface area contributed by atoms with Crippen LogP contribution in [-0.4, -0.2) is 6.04 Å². The van der Waals surface area contributed by atoms with Crippen molar-refractivity contribution in [2.45, 2.75) is 38.6 Å². The predicted octanol–water partition coefficient (Wildman–Crippen LogP) is 3.17. The lowest BCUT2D eigenvalue weighted by molar-refractivity contribution is 0.385. The van der Waals surface area contributed by atoms with Crippen LogP contribution in [0.15, 0.2) is 30.3 Å². The minimum absolute atomic E-state index is 0.0577. The molecule has 2 N–H and O–H groups in total. The molecule has 0 aromatic heterocycles. The van der Waals surface area contributed by atoms with Gasteiger partial charge in [0.15, 0.2) is 0 Å². The number of terminal acetylenes is 1. The van der Waals surface area contributed by atoms with E-state index in [0.717, 1.165) is 6.42 Å². The summed E-state index contributed by atoms with van der Waals surface area (Å²) in [6.07, 6.45) is 7.12.